The van der Waals surface area contributed by atoms with Crippen LogP contribution in [0.25, 0.3) is 0 Å². The van der Waals surface area contributed by atoms with Crippen molar-refractivity contribution in [1.29, 1.82) is 0 Å². The van der Waals surface area contributed by atoms with E-state index in [0.29, 0.717) is 5.92 Å². The Morgan fingerprint density at radius 1 is 1.04 bits per heavy atom. The SMILES string of the molecule is CC1CC2CC(C1)CC(C)(OC(=O)N1CCC(c3ccccc3)CC1)C2. The molecule has 0 radical (unpaired) electrons. The lowest BCUT2D eigenvalue weighted by molar-refractivity contribution is -0.0680. The lowest BCUT2D eigenvalue weighted by Gasteiger charge is -2.47. The largest absolute Gasteiger partial charge is 0.443 e. The number of hydrogen-bond acceptors (Lipinski definition) is 2. The Balaban J connectivity index is 1.32. The van der Waals surface area contributed by atoms with Crippen LogP contribution in [0.3, 0.4) is 0 Å². The highest BCUT2D eigenvalue weighted by molar-refractivity contribution is 5.68. The fraction of sp³-hybridized carbons (Fsp3) is 0.696. The first-order valence-electron chi connectivity index (χ1n) is 10.5. The summed E-state index contributed by atoms with van der Waals surface area (Å²) in [6.07, 6.45) is 8.09. The Bertz CT molecular complexity index is 602. The second-order valence-electron chi connectivity index (χ2n) is 9.44. The van der Waals surface area contributed by atoms with Crippen molar-refractivity contribution >= 4 is 6.09 Å². The van der Waals surface area contributed by atoms with Gasteiger partial charge in [0.25, 0.3) is 0 Å². The van der Waals surface area contributed by atoms with Gasteiger partial charge in [-0.3, -0.25) is 0 Å². The first-order chi connectivity index (χ1) is 12.5. The second-order valence-corrected chi connectivity index (χ2v) is 9.44. The number of rotatable bonds is 2. The average Bonchev–Trinajstić information content (AvgIpc) is 2.61. The number of hydrogen-bond donors (Lipinski definition) is 0. The van der Waals surface area contributed by atoms with Gasteiger partial charge in [0.15, 0.2) is 0 Å². The molecule has 1 aromatic carbocycles. The third kappa shape index (κ3) is 3.92. The van der Waals surface area contributed by atoms with Gasteiger partial charge < -0.3 is 9.64 Å². The number of carbonyl (C=O) groups excluding carboxylic acids is 1. The second kappa shape index (κ2) is 7.25. The smallest absolute Gasteiger partial charge is 0.410 e. The van der Waals surface area contributed by atoms with Crippen molar-refractivity contribution < 1.29 is 9.53 Å². The summed E-state index contributed by atoms with van der Waals surface area (Å²) in [5.41, 5.74) is 1.16. The molecule has 3 fully saturated rings. The van der Waals surface area contributed by atoms with E-state index in [2.05, 4.69) is 44.2 Å². The number of fused-ring (bicyclic) bond motifs is 2. The van der Waals surface area contributed by atoms with Crippen LogP contribution in [0.1, 0.15) is 70.3 Å². The molecule has 4 rings (SSSR count). The number of nitrogens with zero attached hydrogens (tertiary/aromatic N) is 1. The maximum Gasteiger partial charge on any atom is 0.410 e. The molecule has 3 aliphatic rings. The highest BCUT2D eigenvalue weighted by Gasteiger charge is 2.44. The van der Waals surface area contributed by atoms with E-state index in [1.807, 2.05) is 4.90 Å². The molecule has 0 spiro atoms. The summed E-state index contributed by atoms with van der Waals surface area (Å²) in [4.78, 5) is 14.7. The van der Waals surface area contributed by atoms with Crippen molar-refractivity contribution in [3.63, 3.8) is 0 Å². The predicted molar refractivity (Wildman–Crippen MR) is 104 cm³/mol. The van der Waals surface area contributed by atoms with E-state index in [9.17, 15) is 4.79 Å². The summed E-state index contributed by atoms with van der Waals surface area (Å²) in [6, 6.07) is 10.7. The molecule has 1 heterocycles. The summed E-state index contributed by atoms with van der Waals surface area (Å²) in [7, 11) is 0. The Hall–Kier alpha value is -1.51. The molecular weight excluding hydrogens is 322 g/mol. The van der Waals surface area contributed by atoms with Crippen LogP contribution in [0.2, 0.25) is 0 Å². The van der Waals surface area contributed by atoms with Crippen molar-refractivity contribution in [2.75, 3.05) is 13.1 Å². The molecular formula is C23H33NO2. The lowest BCUT2D eigenvalue weighted by Crippen LogP contribution is -2.47. The van der Waals surface area contributed by atoms with Crippen LogP contribution in [-0.2, 0) is 4.74 Å². The van der Waals surface area contributed by atoms with Crippen LogP contribution < -0.4 is 0 Å². The van der Waals surface area contributed by atoms with Crippen LogP contribution in [0.4, 0.5) is 4.79 Å². The molecule has 1 saturated heterocycles. The molecule has 2 atom stereocenters. The van der Waals surface area contributed by atoms with Crippen molar-refractivity contribution in [3.8, 4) is 0 Å². The molecule has 1 aliphatic heterocycles. The summed E-state index contributed by atoms with van der Waals surface area (Å²) in [5.74, 6) is 2.92. The Morgan fingerprint density at radius 3 is 2.27 bits per heavy atom. The van der Waals surface area contributed by atoms with Crippen molar-refractivity contribution in [1.82, 2.24) is 4.90 Å². The number of amides is 1. The monoisotopic (exact) mass is 355 g/mol. The van der Waals surface area contributed by atoms with Gasteiger partial charge in [0.1, 0.15) is 5.60 Å². The van der Waals surface area contributed by atoms with Gasteiger partial charge in [0.05, 0.1) is 0 Å². The first-order valence-corrected chi connectivity index (χ1v) is 10.5. The Labute approximate surface area is 158 Å². The zero-order valence-corrected chi connectivity index (χ0v) is 16.3. The molecule has 2 saturated carbocycles. The Morgan fingerprint density at radius 2 is 1.65 bits per heavy atom. The first kappa shape index (κ1) is 17.9. The molecule has 142 valence electrons. The highest BCUT2D eigenvalue weighted by Crippen LogP contribution is 2.48. The van der Waals surface area contributed by atoms with E-state index in [4.69, 9.17) is 4.74 Å². The quantitative estimate of drug-likeness (QED) is 0.690. The minimum atomic E-state index is -0.249. The van der Waals surface area contributed by atoms with Gasteiger partial charge in [-0.25, -0.2) is 4.79 Å². The van der Waals surface area contributed by atoms with Gasteiger partial charge in [-0.05, 0) is 81.1 Å². The Kier molecular flexibility index (Phi) is 4.98. The van der Waals surface area contributed by atoms with E-state index in [1.54, 1.807) is 0 Å². The number of benzene rings is 1. The molecule has 3 nitrogen and oxygen atoms in total. The predicted octanol–water partition coefficient (Wildman–Crippen LogP) is 5.61. The molecule has 2 bridgehead atoms. The zero-order chi connectivity index (χ0) is 18.1. The summed E-state index contributed by atoms with van der Waals surface area (Å²) in [6.45, 7) is 6.19. The molecule has 1 amide bonds. The van der Waals surface area contributed by atoms with Crippen LogP contribution in [0.15, 0.2) is 30.3 Å². The standard InChI is InChI=1S/C23H33NO2/c1-17-12-18-14-19(13-17)16-23(2,15-18)26-22(25)24-10-8-21(9-11-24)20-6-4-3-5-7-20/h3-7,17-19,21H,8-16H2,1-2H3. The highest BCUT2D eigenvalue weighted by atomic mass is 16.6. The molecule has 3 heteroatoms. The fourth-order valence-corrected chi connectivity index (χ4v) is 6.02. The van der Waals surface area contributed by atoms with E-state index < -0.39 is 0 Å². The van der Waals surface area contributed by atoms with Crippen LogP contribution in [0, 0.1) is 17.8 Å². The summed E-state index contributed by atoms with van der Waals surface area (Å²) >= 11 is 0. The van der Waals surface area contributed by atoms with Crippen LogP contribution in [-0.4, -0.2) is 29.7 Å². The van der Waals surface area contributed by atoms with Crippen molar-refractivity contribution in [2.45, 2.75) is 70.3 Å². The molecule has 1 aromatic rings. The van der Waals surface area contributed by atoms with Gasteiger partial charge >= 0.3 is 6.09 Å². The van der Waals surface area contributed by atoms with Crippen molar-refractivity contribution in [3.05, 3.63) is 35.9 Å². The van der Waals surface area contributed by atoms with E-state index in [0.717, 1.165) is 56.5 Å². The summed E-state index contributed by atoms with van der Waals surface area (Å²) < 4.78 is 6.12. The number of carbonyl (C=O) groups is 1. The number of piperidine rings is 1. The maximum atomic E-state index is 12.8. The molecule has 0 aromatic heterocycles. The minimum Gasteiger partial charge on any atom is -0.443 e. The normalized spacial score (nSPS) is 35.2. The molecule has 2 aliphatic carbocycles. The van der Waals surface area contributed by atoms with Gasteiger partial charge in [-0.15, -0.1) is 0 Å². The van der Waals surface area contributed by atoms with Gasteiger partial charge in [-0.2, -0.15) is 0 Å². The average molecular weight is 356 g/mol. The summed E-state index contributed by atoms with van der Waals surface area (Å²) in [5, 5.41) is 0. The molecule has 2 unspecified atom stereocenters. The lowest BCUT2D eigenvalue weighted by atomic mass is 9.64. The van der Waals surface area contributed by atoms with E-state index >= 15 is 0 Å². The van der Waals surface area contributed by atoms with Gasteiger partial charge in [0, 0.05) is 13.1 Å². The minimum absolute atomic E-state index is 0.0768. The number of ether oxygens (including phenoxy) is 1. The topological polar surface area (TPSA) is 29.5 Å². The molecule has 26 heavy (non-hydrogen) atoms. The van der Waals surface area contributed by atoms with Gasteiger partial charge in [0.2, 0.25) is 0 Å². The maximum absolute atomic E-state index is 12.8. The van der Waals surface area contributed by atoms with E-state index in [-0.39, 0.29) is 11.7 Å². The third-order valence-corrected chi connectivity index (χ3v) is 6.94. The fourth-order valence-electron chi connectivity index (χ4n) is 6.02. The molecule has 0 N–H and O–H groups in total. The van der Waals surface area contributed by atoms with Gasteiger partial charge in [-0.1, -0.05) is 37.3 Å². The van der Waals surface area contributed by atoms with E-state index in [1.165, 1.54) is 24.8 Å². The van der Waals surface area contributed by atoms with Crippen molar-refractivity contribution in [2.24, 2.45) is 17.8 Å². The number of likely N-dealkylation sites (tertiary alicyclic amines) is 1. The third-order valence-electron chi connectivity index (χ3n) is 6.94. The zero-order valence-electron chi connectivity index (χ0n) is 16.3. The van der Waals surface area contributed by atoms with Crippen LogP contribution in [0.5, 0.6) is 0 Å². The van der Waals surface area contributed by atoms with Crippen LogP contribution >= 0.6 is 0 Å².